The van der Waals surface area contributed by atoms with Gasteiger partial charge in [0.15, 0.2) is 0 Å². The monoisotopic (exact) mass is 425 g/mol. The van der Waals surface area contributed by atoms with E-state index < -0.39 is 0 Å². The van der Waals surface area contributed by atoms with Gasteiger partial charge in [-0.25, -0.2) is 0 Å². The summed E-state index contributed by atoms with van der Waals surface area (Å²) >= 11 is 0.648. The van der Waals surface area contributed by atoms with E-state index in [1.165, 1.54) is 0 Å². The van der Waals surface area contributed by atoms with E-state index in [1.807, 2.05) is 18.2 Å². The number of esters is 1. The van der Waals surface area contributed by atoms with Crippen LogP contribution in [0.1, 0.15) is 0 Å². The minimum absolute atomic E-state index is 0.0407. The third-order valence-corrected chi connectivity index (χ3v) is 4.69. The first-order chi connectivity index (χ1) is 8.26. The van der Waals surface area contributed by atoms with Crippen LogP contribution < -0.4 is 4.74 Å². The number of rotatable bonds is 7. The van der Waals surface area contributed by atoms with E-state index in [-0.39, 0.29) is 18.7 Å². The van der Waals surface area contributed by atoms with Crippen molar-refractivity contribution in [2.45, 2.75) is 10.0 Å². The third kappa shape index (κ3) is 6.03. The summed E-state index contributed by atoms with van der Waals surface area (Å²) in [6.07, 6.45) is 0.0407. The van der Waals surface area contributed by atoms with Crippen LogP contribution in [0.5, 0.6) is 5.75 Å². The number of para-hydroxylation sites is 1. The summed E-state index contributed by atoms with van der Waals surface area (Å²) in [6.45, 7) is 0.253. The van der Waals surface area contributed by atoms with Crippen molar-refractivity contribution in [3.05, 3.63) is 30.3 Å². The minimum atomic E-state index is -0.363. The van der Waals surface area contributed by atoms with Crippen LogP contribution in [0.3, 0.4) is 0 Å². The zero-order valence-electron chi connectivity index (χ0n) is 9.93. The molecular weight excluding hydrogens is 409 g/mol. The molecule has 0 amide bonds. The first kappa shape index (κ1) is 14.4. The fourth-order valence-corrected chi connectivity index (χ4v) is 2.72. The van der Waals surface area contributed by atoms with Crippen LogP contribution in [0.4, 0.5) is 0 Å². The molecule has 0 aromatic heterocycles. The maximum atomic E-state index is 11.4. The van der Waals surface area contributed by atoms with Crippen molar-refractivity contribution in [1.29, 1.82) is 0 Å². The number of carbonyl (C=O) groups excluding carboxylic acids is 1. The van der Waals surface area contributed by atoms with E-state index in [1.54, 1.807) is 19.2 Å². The molecule has 0 radical (unpaired) electrons. The van der Waals surface area contributed by atoms with Crippen molar-refractivity contribution in [3.8, 4) is 5.75 Å². The molecule has 1 atom stereocenters. The summed E-state index contributed by atoms with van der Waals surface area (Å²) in [5.74, 6) is 0.302. The van der Waals surface area contributed by atoms with Gasteiger partial charge in [0.1, 0.15) is 0 Å². The molecule has 0 bridgehead atoms. The Hall–Kier alpha value is -0.615. The third-order valence-electron chi connectivity index (χ3n) is 2.19. The molecular formula is C12H15HgO4. The summed E-state index contributed by atoms with van der Waals surface area (Å²) in [5, 5.41) is 0. The first-order valence-corrected chi connectivity index (χ1v) is 9.30. The normalized spacial score (nSPS) is 11.9. The second kappa shape index (κ2) is 8.47. The second-order valence-electron chi connectivity index (χ2n) is 3.43. The molecule has 0 saturated carbocycles. The number of hydrogen-bond acceptors (Lipinski definition) is 4. The molecule has 0 N–H and O–H groups in total. The second-order valence-corrected chi connectivity index (χ2v) is 5.68. The summed E-state index contributed by atoms with van der Waals surface area (Å²) in [5.41, 5.74) is 0. The summed E-state index contributed by atoms with van der Waals surface area (Å²) in [7, 11) is 1.63. The molecule has 5 heteroatoms. The van der Waals surface area contributed by atoms with Gasteiger partial charge in [-0.2, -0.15) is 0 Å². The van der Waals surface area contributed by atoms with E-state index >= 15 is 0 Å². The van der Waals surface area contributed by atoms with Gasteiger partial charge in [-0.05, 0) is 0 Å². The quantitative estimate of drug-likeness (QED) is 0.493. The molecule has 0 aliphatic carbocycles. The van der Waals surface area contributed by atoms with E-state index in [4.69, 9.17) is 14.2 Å². The molecule has 0 aliphatic heterocycles. The fourth-order valence-electron chi connectivity index (χ4n) is 1.16. The van der Waals surface area contributed by atoms with Crippen molar-refractivity contribution in [1.82, 2.24) is 0 Å². The molecule has 4 nitrogen and oxygen atoms in total. The van der Waals surface area contributed by atoms with E-state index in [0.717, 1.165) is 3.93 Å². The van der Waals surface area contributed by atoms with Crippen molar-refractivity contribution >= 4 is 5.97 Å². The van der Waals surface area contributed by atoms with Gasteiger partial charge in [0.2, 0.25) is 0 Å². The molecule has 0 fully saturated rings. The molecule has 1 rings (SSSR count). The van der Waals surface area contributed by atoms with Crippen LogP contribution in [0.15, 0.2) is 30.3 Å². The Morgan fingerprint density at radius 2 is 2.06 bits per heavy atom. The van der Waals surface area contributed by atoms with Crippen LogP contribution in [0.25, 0.3) is 0 Å². The number of carbonyl (C=O) groups is 1. The topological polar surface area (TPSA) is 44.8 Å². The van der Waals surface area contributed by atoms with Gasteiger partial charge in [0, 0.05) is 0 Å². The zero-order chi connectivity index (χ0) is 12.5. The van der Waals surface area contributed by atoms with E-state index in [2.05, 4.69) is 0 Å². The van der Waals surface area contributed by atoms with Crippen molar-refractivity contribution < 1.29 is 45.1 Å². The number of hydrogen-bond donors (Lipinski definition) is 0. The fraction of sp³-hybridized carbons (Fsp3) is 0.417. The number of methoxy groups -OCH3 is 1. The van der Waals surface area contributed by atoms with Gasteiger partial charge < -0.3 is 0 Å². The SMILES string of the molecule is COC([CH2][Hg])COC(=O)COc1ccccc1. The molecule has 89 valence electrons. The Morgan fingerprint density at radius 3 is 2.65 bits per heavy atom. The van der Waals surface area contributed by atoms with Gasteiger partial charge in [0.05, 0.1) is 0 Å². The van der Waals surface area contributed by atoms with Gasteiger partial charge in [-0.15, -0.1) is 0 Å². The predicted octanol–water partition coefficient (Wildman–Crippen LogP) is 1.59. The van der Waals surface area contributed by atoms with Gasteiger partial charge in [-0.3, -0.25) is 0 Å². The average molecular weight is 424 g/mol. The standard InChI is InChI=1S/C12H15O4.Hg/c1-10(14-2)8-16-12(13)9-15-11-6-4-3-5-7-11;/h3-7,10H,1,8-9H2,2H3;. The Balaban J connectivity index is 2.22. The van der Waals surface area contributed by atoms with E-state index in [0.29, 0.717) is 38.5 Å². The van der Waals surface area contributed by atoms with Crippen LogP contribution in [0.2, 0.25) is 3.93 Å². The summed E-state index contributed by atoms with van der Waals surface area (Å²) < 4.78 is 16.5. The average Bonchev–Trinajstić information content (AvgIpc) is 2.39. The number of benzene rings is 1. The van der Waals surface area contributed by atoms with Crippen molar-refractivity contribution in [3.63, 3.8) is 0 Å². The Morgan fingerprint density at radius 1 is 1.35 bits per heavy atom. The van der Waals surface area contributed by atoms with Gasteiger partial charge in [-0.1, -0.05) is 0 Å². The number of ether oxygens (including phenoxy) is 3. The van der Waals surface area contributed by atoms with Crippen molar-refractivity contribution in [2.24, 2.45) is 0 Å². The molecule has 17 heavy (non-hydrogen) atoms. The summed E-state index contributed by atoms with van der Waals surface area (Å²) in [4.78, 5) is 11.4. The Labute approximate surface area is 117 Å². The molecule has 1 aromatic carbocycles. The van der Waals surface area contributed by atoms with Crippen LogP contribution in [-0.2, 0) is 40.4 Å². The molecule has 0 aliphatic rings. The molecule has 0 saturated heterocycles. The van der Waals surface area contributed by atoms with Crippen LogP contribution >= 0.6 is 0 Å². The summed E-state index contributed by atoms with van der Waals surface area (Å²) in [6, 6.07) is 9.19. The molecule has 0 heterocycles. The zero-order valence-corrected chi connectivity index (χ0v) is 15.4. The van der Waals surface area contributed by atoms with Crippen LogP contribution in [-0.4, -0.2) is 32.4 Å². The Kier molecular flexibility index (Phi) is 7.20. The first-order valence-electron chi connectivity index (χ1n) is 5.41. The molecule has 1 unspecified atom stereocenters. The predicted molar refractivity (Wildman–Crippen MR) is 58.5 cm³/mol. The molecule has 0 spiro atoms. The molecule has 1 aromatic rings. The van der Waals surface area contributed by atoms with Gasteiger partial charge >= 0.3 is 118 Å². The Bertz CT molecular complexity index is 325. The van der Waals surface area contributed by atoms with E-state index in [9.17, 15) is 4.79 Å². The van der Waals surface area contributed by atoms with Gasteiger partial charge in [0.25, 0.3) is 0 Å². The maximum absolute atomic E-state index is 11.4. The van der Waals surface area contributed by atoms with Crippen LogP contribution in [0, 0.1) is 0 Å². The van der Waals surface area contributed by atoms with Crippen molar-refractivity contribution in [2.75, 3.05) is 20.3 Å².